The molecule has 0 bridgehead atoms. The Balaban J connectivity index is 3.44. The zero-order chi connectivity index (χ0) is 27.5. The molecule has 0 fully saturated rings. The predicted octanol–water partition coefficient (Wildman–Crippen LogP) is 4.89. The van der Waals surface area contributed by atoms with Crippen LogP contribution in [0, 0.1) is 6.92 Å². The summed E-state index contributed by atoms with van der Waals surface area (Å²) in [5, 5.41) is 15.7. The molecule has 0 aliphatic rings. The zero-order valence-electron chi connectivity index (χ0n) is 22.9. The number of rotatable bonds is 13. The first-order valence-corrected chi connectivity index (χ1v) is 13.5. The lowest BCUT2D eigenvalue weighted by Gasteiger charge is -2.35. The Labute approximate surface area is 222 Å². The van der Waals surface area contributed by atoms with Crippen LogP contribution in [0.2, 0.25) is 0 Å². The molecule has 3 N–H and O–H groups in total. The number of phenols is 1. The van der Waals surface area contributed by atoms with E-state index in [4.69, 9.17) is 4.74 Å². The topological polar surface area (TPSA) is 108 Å². The molecular weight excluding hydrogens is 478 g/mol. The van der Waals surface area contributed by atoms with Crippen molar-refractivity contribution < 1.29 is 24.2 Å². The van der Waals surface area contributed by atoms with Gasteiger partial charge in [0.1, 0.15) is 23.4 Å². The molecule has 1 rings (SSSR count). The third-order valence-electron chi connectivity index (χ3n) is 5.66. The van der Waals surface area contributed by atoms with Gasteiger partial charge in [-0.3, -0.25) is 9.59 Å². The van der Waals surface area contributed by atoms with Gasteiger partial charge in [-0.25, -0.2) is 4.79 Å². The number of alkyl carbamates (subject to hydrolysis) is 1. The number of hydrogen-bond acceptors (Lipinski definition) is 6. The van der Waals surface area contributed by atoms with Crippen molar-refractivity contribution in [1.82, 2.24) is 15.5 Å². The van der Waals surface area contributed by atoms with Crippen LogP contribution in [0.25, 0.3) is 0 Å². The maximum atomic E-state index is 13.8. The van der Waals surface area contributed by atoms with Crippen LogP contribution >= 0.6 is 12.6 Å². The molecule has 36 heavy (non-hydrogen) atoms. The molecule has 0 aliphatic carbocycles. The molecule has 8 nitrogen and oxygen atoms in total. The van der Waals surface area contributed by atoms with E-state index in [2.05, 4.69) is 30.2 Å². The molecule has 0 spiro atoms. The number of unbranched alkanes of at least 4 members (excludes halogenated alkanes) is 2. The van der Waals surface area contributed by atoms with E-state index in [9.17, 15) is 19.5 Å². The lowest BCUT2D eigenvalue weighted by atomic mass is 9.99. The van der Waals surface area contributed by atoms with Gasteiger partial charge in [0.25, 0.3) is 0 Å². The van der Waals surface area contributed by atoms with Crippen molar-refractivity contribution in [2.75, 3.05) is 12.3 Å². The molecule has 3 amide bonds. The number of carbonyl (C=O) groups is 3. The number of carbonyl (C=O) groups excluding carboxylic acids is 3. The second-order valence-electron chi connectivity index (χ2n) is 10.3. The van der Waals surface area contributed by atoms with Crippen LogP contribution in [0.4, 0.5) is 4.79 Å². The largest absolute Gasteiger partial charge is 0.508 e. The van der Waals surface area contributed by atoms with E-state index >= 15 is 0 Å². The fraction of sp³-hybridized carbons (Fsp3) is 0.667. The highest BCUT2D eigenvalue weighted by molar-refractivity contribution is 7.80. The number of nitrogens with one attached hydrogen (secondary N) is 2. The van der Waals surface area contributed by atoms with Crippen LogP contribution in [0.15, 0.2) is 18.2 Å². The summed E-state index contributed by atoms with van der Waals surface area (Å²) in [4.78, 5) is 41.4. The fourth-order valence-electron chi connectivity index (χ4n) is 3.88. The molecule has 1 aromatic rings. The average Bonchev–Trinajstić information content (AvgIpc) is 2.77. The van der Waals surface area contributed by atoms with Gasteiger partial charge >= 0.3 is 6.09 Å². The first kappa shape index (κ1) is 31.6. The van der Waals surface area contributed by atoms with Gasteiger partial charge < -0.3 is 25.4 Å². The van der Waals surface area contributed by atoms with E-state index in [1.165, 1.54) is 11.0 Å². The number of amides is 3. The fourth-order valence-corrected chi connectivity index (χ4v) is 4.13. The molecule has 3 atom stereocenters. The molecular formula is C27H45N3O5S. The molecule has 0 aromatic heterocycles. The van der Waals surface area contributed by atoms with E-state index in [-0.39, 0.29) is 23.5 Å². The maximum absolute atomic E-state index is 13.8. The smallest absolute Gasteiger partial charge is 0.408 e. The van der Waals surface area contributed by atoms with Crippen molar-refractivity contribution in [2.45, 2.75) is 104 Å². The second-order valence-corrected chi connectivity index (χ2v) is 10.6. The maximum Gasteiger partial charge on any atom is 0.408 e. The number of hydrogen-bond donors (Lipinski definition) is 4. The number of phenolic OH excluding ortho intramolecular Hbond substituents is 1. The summed E-state index contributed by atoms with van der Waals surface area (Å²) in [6.07, 6.45) is 3.50. The number of nitrogens with zero attached hydrogens (tertiary/aromatic N) is 1. The zero-order valence-corrected chi connectivity index (χ0v) is 23.8. The van der Waals surface area contributed by atoms with Gasteiger partial charge in [-0.05, 0) is 70.7 Å². The van der Waals surface area contributed by atoms with E-state index in [0.717, 1.165) is 25.7 Å². The molecule has 9 heteroatoms. The van der Waals surface area contributed by atoms with Crippen molar-refractivity contribution in [3.63, 3.8) is 0 Å². The lowest BCUT2D eigenvalue weighted by Crippen LogP contribution is -2.54. The van der Waals surface area contributed by atoms with Crippen LogP contribution in [0.3, 0.4) is 0 Å². The van der Waals surface area contributed by atoms with Crippen molar-refractivity contribution in [1.29, 1.82) is 0 Å². The summed E-state index contributed by atoms with van der Waals surface area (Å²) in [6, 6.07) is 2.93. The highest BCUT2D eigenvalue weighted by Crippen LogP contribution is 2.28. The molecule has 0 saturated heterocycles. The number of benzene rings is 1. The molecule has 1 aromatic carbocycles. The van der Waals surface area contributed by atoms with Gasteiger partial charge in [0, 0.05) is 18.3 Å². The Bertz CT molecular complexity index is 871. The van der Waals surface area contributed by atoms with Gasteiger partial charge in [-0.1, -0.05) is 39.2 Å². The number of thiol groups is 1. The summed E-state index contributed by atoms with van der Waals surface area (Å²) < 4.78 is 5.34. The second kappa shape index (κ2) is 15.0. The minimum atomic E-state index is -0.980. The van der Waals surface area contributed by atoms with Crippen molar-refractivity contribution in [2.24, 2.45) is 0 Å². The minimum Gasteiger partial charge on any atom is -0.508 e. The van der Waals surface area contributed by atoms with Gasteiger partial charge in [-0.15, -0.1) is 0 Å². The number of aromatic hydroxyl groups is 1. The lowest BCUT2D eigenvalue weighted by molar-refractivity contribution is -0.142. The van der Waals surface area contributed by atoms with E-state index in [1.807, 2.05) is 13.8 Å². The monoisotopic (exact) mass is 523 g/mol. The van der Waals surface area contributed by atoms with Crippen LogP contribution < -0.4 is 10.6 Å². The number of ether oxygens (including phenoxy) is 1. The normalized spacial score (nSPS) is 13.9. The van der Waals surface area contributed by atoms with Crippen molar-refractivity contribution in [3.05, 3.63) is 29.3 Å². The van der Waals surface area contributed by atoms with Crippen LogP contribution in [0.1, 0.15) is 90.8 Å². The Kier molecular flexibility index (Phi) is 13.1. The molecule has 0 heterocycles. The SMILES string of the molecule is CCCCCN(C(=O)C(CS)NC(=O)OC(C)(C)C)C(C(=O)NC(C)CCC)c1ccc(O)c(C)c1. The number of aryl methyl sites for hydroxylation is 1. The third kappa shape index (κ3) is 10.3. The Morgan fingerprint density at radius 1 is 1.11 bits per heavy atom. The van der Waals surface area contributed by atoms with Gasteiger partial charge in [0.05, 0.1) is 0 Å². The molecule has 204 valence electrons. The first-order valence-electron chi connectivity index (χ1n) is 12.8. The van der Waals surface area contributed by atoms with Gasteiger partial charge in [-0.2, -0.15) is 12.6 Å². The Morgan fingerprint density at radius 2 is 1.78 bits per heavy atom. The van der Waals surface area contributed by atoms with Crippen LogP contribution in [-0.4, -0.2) is 57.9 Å². The summed E-state index contributed by atoms with van der Waals surface area (Å²) in [5.41, 5.74) is 0.466. The average molecular weight is 524 g/mol. The Morgan fingerprint density at radius 3 is 2.31 bits per heavy atom. The van der Waals surface area contributed by atoms with Gasteiger partial charge in [0.15, 0.2) is 0 Å². The molecule has 0 radical (unpaired) electrons. The summed E-state index contributed by atoms with van der Waals surface area (Å²) in [7, 11) is 0. The van der Waals surface area contributed by atoms with Crippen LogP contribution in [-0.2, 0) is 14.3 Å². The molecule has 0 aliphatic heterocycles. The predicted molar refractivity (Wildman–Crippen MR) is 146 cm³/mol. The highest BCUT2D eigenvalue weighted by Gasteiger charge is 2.36. The highest BCUT2D eigenvalue weighted by atomic mass is 32.1. The Hall–Kier alpha value is -2.42. The van der Waals surface area contributed by atoms with Crippen molar-refractivity contribution in [3.8, 4) is 5.75 Å². The standard InChI is InChI=1S/C27H45N3O5S/c1-8-10-11-15-30(25(33)21(17-36)29-26(34)35-27(5,6)7)23(24(32)28-19(4)12-9-2)20-13-14-22(31)18(3)16-20/h13-14,16,19,21,23,31,36H,8-12,15,17H2,1-7H3,(H,28,32)(H,29,34). The van der Waals surface area contributed by atoms with E-state index < -0.39 is 29.7 Å². The summed E-state index contributed by atoms with van der Waals surface area (Å²) in [5.74, 6) is -0.569. The van der Waals surface area contributed by atoms with Crippen molar-refractivity contribution >= 4 is 30.5 Å². The van der Waals surface area contributed by atoms with Crippen LogP contribution in [0.5, 0.6) is 5.75 Å². The van der Waals surface area contributed by atoms with Gasteiger partial charge in [0.2, 0.25) is 11.8 Å². The first-order chi connectivity index (χ1) is 16.8. The summed E-state index contributed by atoms with van der Waals surface area (Å²) in [6.45, 7) is 13.3. The molecule has 0 saturated carbocycles. The summed E-state index contributed by atoms with van der Waals surface area (Å²) >= 11 is 4.31. The minimum absolute atomic E-state index is 0.0392. The van der Waals surface area contributed by atoms with E-state index in [0.29, 0.717) is 24.1 Å². The molecule has 3 unspecified atom stereocenters. The quantitative estimate of drug-likeness (QED) is 0.218. The van der Waals surface area contributed by atoms with E-state index in [1.54, 1.807) is 39.8 Å². The third-order valence-corrected chi connectivity index (χ3v) is 6.03.